The number of hydrogen-bond acceptors (Lipinski definition) is 3. The standard InChI is InChI=1S/C14H26N4S/c1-5-13-18-12(10-19-13)9-17-14(15-4)16-8-6-7-11(2)3/h10-11H,5-9H2,1-4H3,(H2,15,16,17). The summed E-state index contributed by atoms with van der Waals surface area (Å²) in [4.78, 5) is 8.74. The topological polar surface area (TPSA) is 49.3 Å². The first-order chi connectivity index (χ1) is 9.15. The van der Waals surface area contributed by atoms with Crippen LogP contribution in [0.2, 0.25) is 0 Å². The van der Waals surface area contributed by atoms with Gasteiger partial charge in [0.2, 0.25) is 0 Å². The summed E-state index contributed by atoms with van der Waals surface area (Å²) in [6.07, 6.45) is 3.43. The van der Waals surface area contributed by atoms with Crippen molar-refractivity contribution in [2.75, 3.05) is 13.6 Å². The van der Waals surface area contributed by atoms with E-state index in [1.807, 2.05) is 0 Å². The Kier molecular flexibility index (Phi) is 7.48. The maximum absolute atomic E-state index is 4.53. The third-order valence-electron chi connectivity index (χ3n) is 2.81. The van der Waals surface area contributed by atoms with Crippen molar-refractivity contribution in [3.05, 3.63) is 16.1 Å². The molecule has 1 aromatic heterocycles. The van der Waals surface area contributed by atoms with E-state index in [1.54, 1.807) is 18.4 Å². The molecule has 0 saturated carbocycles. The van der Waals surface area contributed by atoms with Gasteiger partial charge in [-0.1, -0.05) is 20.8 Å². The average molecular weight is 282 g/mol. The van der Waals surface area contributed by atoms with Gasteiger partial charge in [-0.15, -0.1) is 11.3 Å². The van der Waals surface area contributed by atoms with Crippen LogP contribution >= 0.6 is 11.3 Å². The Labute approximate surface area is 120 Å². The minimum absolute atomic E-state index is 0.736. The van der Waals surface area contributed by atoms with Crippen LogP contribution in [0, 0.1) is 5.92 Å². The zero-order valence-corrected chi connectivity index (χ0v) is 13.3. The van der Waals surface area contributed by atoms with Gasteiger partial charge in [0.15, 0.2) is 5.96 Å². The van der Waals surface area contributed by atoms with Crippen molar-refractivity contribution in [3.8, 4) is 0 Å². The fourth-order valence-electron chi connectivity index (χ4n) is 1.70. The van der Waals surface area contributed by atoms with Gasteiger partial charge in [-0.2, -0.15) is 0 Å². The van der Waals surface area contributed by atoms with Crippen LogP contribution in [0.15, 0.2) is 10.4 Å². The van der Waals surface area contributed by atoms with Gasteiger partial charge >= 0.3 is 0 Å². The van der Waals surface area contributed by atoms with Crippen LogP contribution in [0.25, 0.3) is 0 Å². The molecule has 0 atom stereocenters. The van der Waals surface area contributed by atoms with E-state index in [2.05, 4.69) is 46.8 Å². The second-order valence-corrected chi connectivity index (χ2v) is 5.92. The lowest BCUT2D eigenvalue weighted by atomic mass is 10.1. The molecule has 0 amide bonds. The number of nitrogens with zero attached hydrogens (tertiary/aromatic N) is 2. The summed E-state index contributed by atoms with van der Waals surface area (Å²) in [6.45, 7) is 8.34. The summed E-state index contributed by atoms with van der Waals surface area (Å²) < 4.78 is 0. The molecule has 5 heteroatoms. The summed E-state index contributed by atoms with van der Waals surface area (Å²) in [5, 5.41) is 9.93. The minimum Gasteiger partial charge on any atom is -0.356 e. The Morgan fingerprint density at radius 2 is 2.21 bits per heavy atom. The highest BCUT2D eigenvalue weighted by Crippen LogP contribution is 2.09. The van der Waals surface area contributed by atoms with E-state index in [1.165, 1.54) is 17.8 Å². The van der Waals surface area contributed by atoms with Gasteiger partial charge in [-0.3, -0.25) is 4.99 Å². The summed E-state index contributed by atoms with van der Waals surface area (Å²) in [5.74, 6) is 1.62. The van der Waals surface area contributed by atoms with E-state index in [9.17, 15) is 0 Å². The van der Waals surface area contributed by atoms with Crippen LogP contribution in [0.1, 0.15) is 44.3 Å². The summed E-state index contributed by atoms with van der Waals surface area (Å²) >= 11 is 1.72. The molecule has 2 N–H and O–H groups in total. The van der Waals surface area contributed by atoms with E-state index < -0.39 is 0 Å². The third-order valence-corrected chi connectivity index (χ3v) is 3.85. The molecule has 0 aliphatic rings. The van der Waals surface area contributed by atoms with Gasteiger partial charge in [-0.25, -0.2) is 4.98 Å². The lowest BCUT2D eigenvalue weighted by Crippen LogP contribution is -2.37. The maximum atomic E-state index is 4.53. The quantitative estimate of drug-likeness (QED) is 0.459. The van der Waals surface area contributed by atoms with Crippen molar-refractivity contribution in [2.24, 2.45) is 10.9 Å². The van der Waals surface area contributed by atoms with Crippen molar-refractivity contribution < 1.29 is 0 Å². The smallest absolute Gasteiger partial charge is 0.191 e. The second kappa shape index (κ2) is 8.91. The van der Waals surface area contributed by atoms with Crippen molar-refractivity contribution in [1.82, 2.24) is 15.6 Å². The van der Waals surface area contributed by atoms with E-state index in [0.29, 0.717) is 0 Å². The Bertz CT molecular complexity index is 385. The number of thiazole rings is 1. The number of aromatic nitrogens is 1. The fraction of sp³-hybridized carbons (Fsp3) is 0.714. The molecule has 1 aromatic rings. The number of guanidine groups is 1. The van der Waals surface area contributed by atoms with Crippen LogP contribution in [0.5, 0.6) is 0 Å². The molecule has 4 nitrogen and oxygen atoms in total. The first-order valence-electron chi connectivity index (χ1n) is 7.03. The van der Waals surface area contributed by atoms with Crippen LogP contribution in [0.4, 0.5) is 0 Å². The van der Waals surface area contributed by atoms with Crippen molar-refractivity contribution in [3.63, 3.8) is 0 Å². The third kappa shape index (κ3) is 6.57. The molecule has 0 unspecified atom stereocenters. The molecule has 1 heterocycles. The van der Waals surface area contributed by atoms with Crippen LogP contribution in [-0.4, -0.2) is 24.5 Å². The van der Waals surface area contributed by atoms with Gasteiger partial charge in [0.25, 0.3) is 0 Å². The molecule has 1 rings (SSSR count). The van der Waals surface area contributed by atoms with Crippen molar-refractivity contribution in [1.29, 1.82) is 0 Å². The van der Waals surface area contributed by atoms with E-state index in [-0.39, 0.29) is 0 Å². The molecule has 0 radical (unpaired) electrons. The first-order valence-corrected chi connectivity index (χ1v) is 7.91. The first kappa shape index (κ1) is 16.0. The monoisotopic (exact) mass is 282 g/mol. The molecule has 19 heavy (non-hydrogen) atoms. The van der Waals surface area contributed by atoms with E-state index in [4.69, 9.17) is 0 Å². The lowest BCUT2D eigenvalue weighted by molar-refractivity contribution is 0.549. The molecule has 0 aliphatic heterocycles. The number of aryl methyl sites for hydroxylation is 1. The average Bonchev–Trinajstić information content (AvgIpc) is 2.85. The molecule has 0 saturated heterocycles. The zero-order chi connectivity index (χ0) is 14.1. The van der Waals surface area contributed by atoms with E-state index >= 15 is 0 Å². The molecule has 0 aromatic carbocycles. The summed E-state index contributed by atoms with van der Waals surface area (Å²) in [7, 11) is 1.80. The van der Waals surface area contributed by atoms with Gasteiger partial charge in [0.05, 0.1) is 17.2 Å². The van der Waals surface area contributed by atoms with Crippen molar-refractivity contribution >= 4 is 17.3 Å². The number of nitrogens with one attached hydrogen (secondary N) is 2. The fourth-order valence-corrected chi connectivity index (χ4v) is 2.45. The molecular formula is C14H26N4S. The van der Waals surface area contributed by atoms with Gasteiger partial charge in [-0.05, 0) is 25.2 Å². The van der Waals surface area contributed by atoms with Crippen LogP contribution in [-0.2, 0) is 13.0 Å². The number of hydrogen-bond donors (Lipinski definition) is 2. The molecule has 0 spiro atoms. The second-order valence-electron chi connectivity index (χ2n) is 4.97. The largest absolute Gasteiger partial charge is 0.356 e. The van der Waals surface area contributed by atoms with Gasteiger partial charge in [0.1, 0.15) is 0 Å². The SMILES string of the molecule is CCc1nc(CNC(=NC)NCCCC(C)C)cs1. The Morgan fingerprint density at radius 3 is 2.79 bits per heavy atom. The summed E-state index contributed by atoms with van der Waals surface area (Å²) in [6, 6.07) is 0. The normalized spacial score (nSPS) is 11.9. The van der Waals surface area contributed by atoms with Crippen LogP contribution < -0.4 is 10.6 Å². The zero-order valence-electron chi connectivity index (χ0n) is 12.5. The van der Waals surface area contributed by atoms with Gasteiger partial charge in [0, 0.05) is 19.0 Å². The number of aliphatic imine (C=N–C) groups is 1. The molecule has 0 aliphatic carbocycles. The number of rotatable bonds is 7. The Balaban J connectivity index is 2.25. The maximum Gasteiger partial charge on any atom is 0.191 e. The predicted octanol–water partition coefficient (Wildman–Crippen LogP) is 2.81. The molecule has 0 bridgehead atoms. The molecular weight excluding hydrogens is 256 g/mol. The Hall–Kier alpha value is -1.10. The minimum atomic E-state index is 0.736. The molecule has 0 fully saturated rings. The van der Waals surface area contributed by atoms with E-state index in [0.717, 1.165) is 37.1 Å². The Morgan fingerprint density at radius 1 is 1.42 bits per heavy atom. The molecule has 108 valence electrons. The van der Waals surface area contributed by atoms with Gasteiger partial charge < -0.3 is 10.6 Å². The highest BCUT2D eigenvalue weighted by atomic mass is 32.1. The van der Waals surface area contributed by atoms with Crippen molar-refractivity contribution in [2.45, 2.75) is 46.6 Å². The lowest BCUT2D eigenvalue weighted by Gasteiger charge is -2.11. The predicted molar refractivity (Wildman–Crippen MR) is 83.8 cm³/mol. The summed E-state index contributed by atoms with van der Waals surface area (Å²) in [5.41, 5.74) is 1.09. The highest BCUT2D eigenvalue weighted by Gasteiger charge is 2.02. The van der Waals surface area contributed by atoms with Crippen LogP contribution in [0.3, 0.4) is 0 Å². The highest BCUT2D eigenvalue weighted by molar-refractivity contribution is 7.09.